The van der Waals surface area contributed by atoms with E-state index >= 15 is 0 Å². The minimum Gasteiger partial charge on any atom is -0.337 e. The number of nitrogens with zero attached hydrogens (tertiary/aromatic N) is 3. The molecule has 1 aromatic carbocycles. The highest BCUT2D eigenvalue weighted by molar-refractivity contribution is 5.95. The summed E-state index contributed by atoms with van der Waals surface area (Å²) in [6.07, 6.45) is 3.66. The van der Waals surface area contributed by atoms with Crippen molar-refractivity contribution in [3.63, 3.8) is 0 Å². The molecule has 0 fully saturated rings. The second-order valence-electron chi connectivity index (χ2n) is 4.86. The molecule has 106 valence electrons. The van der Waals surface area contributed by atoms with Crippen LogP contribution < -0.4 is 11.3 Å². The molecule has 0 radical (unpaired) electrons. The Morgan fingerprint density at radius 2 is 2.25 bits per heavy atom. The minimum atomic E-state index is -0.0186. The van der Waals surface area contributed by atoms with Crippen LogP contribution in [0.15, 0.2) is 30.6 Å². The topological polar surface area (TPSA) is 76.2 Å². The summed E-state index contributed by atoms with van der Waals surface area (Å²) < 4.78 is 1.72. The molecule has 2 aromatic rings. The number of hydrogen-bond donors (Lipinski definition) is 2. The van der Waals surface area contributed by atoms with Gasteiger partial charge in [-0.25, -0.2) is 0 Å². The van der Waals surface area contributed by atoms with Gasteiger partial charge >= 0.3 is 0 Å². The van der Waals surface area contributed by atoms with Gasteiger partial charge in [0.1, 0.15) is 0 Å². The summed E-state index contributed by atoms with van der Waals surface area (Å²) in [5.41, 5.74) is 5.93. The number of nitrogen functional groups attached to an aromatic ring is 1. The Morgan fingerprint density at radius 1 is 1.50 bits per heavy atom. The van der Waals surface area contributed by atoms with Crippen LogP contribution in [0.3, 0.4) is 0 Å². The highest BCUT2D eigenvalue weighted by Crippen LogP contribution is 2.16. The summed E-state index contributed by atoms with van der Waals surface area (Å²) >= 11 is 0. The first-order valence-electron chi connectivity index (χ1n) is 6.31. The average molecular weight is 273 g/mol. The SMILES string of the molecule is Cc1cc(NN)ccc1C(=O)N(C)Cc1cnn(C)c1. The number of aromatic nitrogens is 2. The fourth-order valence-electron chi connectivity index (χ4n) is 2.10. The number of hydrogen-bond acceptors (Lipinski definition) is 4. The molecule has 6 heteroatoms. The minimum absolute atomic E-state index is 0.0186. The molecule has 6 nitrogen and oxygen atoms in total. The monoisotopic (exact) mass is 273 g/mol. The first-order chi connectivity index (χ1) is 9.51. The van der Waals surface area contributed by atoms with Crippen molar-refractivity contribution in [2.24, 2.45) is 12.9 Å². The van der Waals surface area contributed by atoms with Crippen molar-refractivity contribution < 1.29 is 4.79 Å². The Labute approximate surface area is 118 Å². The van der Waals surface area contributed by atoms with E-state index in [1.807, 2.05) is 26.2 Å². The molecule has 0 saturated heterocycles. The molecule has 0 aliphatic carbocycles. The van der Waals surface area contributed by atoms with E-state index < -0.39 is 0 Å². The molecule has 1 aromatic heterocycles. The van der Waals surface area contributed by atoms with Gasteiger partial charge in [0, 0.05) is 43.7 Å². The number of aryl methyl sites for hydroxylation is 2. The van der Waals surface area contributed by atoms with Crippen LogP contribution in [0.25, 0.3) is 0 Å². The van der Waals surface area contributed by atoms with Crippen LogP contribution in [-0.2, 0) is 13.6 Å². The number of hydrazine groups is 1. The van der Waals surface area contributed by atoms with Gasteiger partial charge in [-0.2, -0.15) is 5.10 Å². The van der Waals surface area contributed by atoms with Gasteiger partial charge in [0.15, 0.2) is 0 Å². The first-order valence-corrected chi connectivity index (χ1v) is 6.31. The Balaban J connectivity index is 2.14. The van der Waals surface area contributed by atoms with Gasteiger partial charge in [0.2, 0.25) is 0 Å². The van der Waals surface area contributed by atoms with Gasteiger partial charge < -0.3 is 10.3 Å². The molecule has 3 N–H and O–H groups in total. The fraction of sp³-hybridized carbons (Fsp3) is 0.286. The average Bonchev–Trinajstić information content (AvgIpc) is 2.83. The third-order valence-electron chi connectivity index (χ3n) is 3.15. The van der Waals surface area contributed by atoms with Gasteiger partial charge in [-0.15, -0.1) is 0 Å². The van der Waals surface area contributed by atoms with Crippen molar-refractivity contribution in [2.45, 2.75) is 13.5 Å². The van der Waals surface area contributed by atoms with E-state index in [1.54, 1.807) is 35.0 Å². The Kier molecular flexibility index (Phi) is 4.05. The zero-order chi connectivity index (χ0) is 14.7. The number of carbonyl (C=O) groups is 1. The van der Waals surface area contributed by atoms with Gasteiger partial charge in [0.05, 0.1) is 6.20 Å². The van der Waals surface area contributed by atoms with Crippen LogP contribution in [0.4, 0.5) is 5.69 Å². The molecule has 20 heavy (non-hydrogen) atoms. The van der Waals surface area contributed by atoms with E-state index in [9.17, 15) is 4.79 Å². The van der Waals surface area contributed by atoms with E-state index in [1.165, 1.54) is 0 Å². The molecule has 0 aliphatic heterocycles. The third kappa shape index (κ3) is 2.97. The molecular formula is C14H19N5O. The smallest absolute Gasteiger partial charge is 0.254 e. The molecule has 1 amide bonds. The molecule has 0 aliphatic rings. The second-order valence-corrected chi connectivity index (χ2v) is 4.86. The van der Waals surface area contributed by atoms with E-state index in [2.05, 4.69) is 10.5 Å². The first kappa shape index (κ1) is 14.1. The van der Waals surface area contributed by atoms with Crippen molar-refractivity contribution in [3.05, 3.63) is 47.3 Å². The van der Waals surface area contributed by atoms with E-state index in [4.69, 9.17) is 5.84 Å². The van der Waals surface area contributed by atoms with E-state index in [-0.39, 0.29) is 5.91 Å². The van der Waals surface area contributed by atoms with Crippen LogP contribution in [-0.4, -0.2) is 27.6 Å². The van der Waals surface area contributed by atoms with Crippen LogP contribution in [0, 0.1) is 6.92 Å². The summed E-state index contributed by atoms with van der Waals surface area (Å²) in [5, 5.41) is 4.10. The summed E-state index contributed by atoms with van der Waals surface area (Å²) in [7, 11) is 3.64. The quantitative estimate of drug-likeness (QED) is 0.650. The standard InChI is InChI=1S/C14H19N5O/c1-10-6-12(17-15)4-5-13(10)14(20)18(2)8-11-7-16-19(3)9-11/h4-7,9,17H,8,15H2,1-3H3. The number of nitrogens with one attached hydrogen (secondary N) is 1. The maximum atomic E-state index is 12.4. The number of nitrogens with two attached hydrogens (primary N) is 1. The molecule has 0 spiro atoms. The molecule has 0 saturated carbocycles. The number of benzene rings is 1. The Hall–Kier alpha value is -2.34. The van der Waals surface area contributed by atoms with Crippen LogP contribution in [0.5, 0.6) is 0 Å². The number of rotatable bonds is 4. The van der Waals surface area contributed by atoms with Gasteiger partial charge in [0.25, 0.3) is 5.91 Å². The predicted molar refractivity (Wildman–Crippen MR) is 78.0 cm³/mol. The highest BCUT2D eigenvalue weighted by atomic mass is 16.2. The highest BCUT2D eigenvalue weighted by Gasteiger charge is 2.15. The Morgan fingerprint density at radius 3 is 2.80 bits per heavy atom. The van der Waals surface area contributed by atoms with Crippen molar-refractivity contribution in [1.82, 2.24) is 14.7 Å². The van der Waals surface area contributed by atoms with Crippen molar-refractivity contribution >= 4 is 11.6 Å². The molecule has 0 bridgehead atoms. The van der Waals surface area contributed by atoms with Crippen LogP contribution in [0.2, 0.25) is 0 Å². The lowest BCUT2D eigenvalue weighted by Gasteiger charge is -2.18. The van der Waals surface area contributed by atoms with Gasteiger partial charge in [-0.05, 0) is 30.7 Å². The molecule has 2 rings (SSSR count). The maximum absolute atomic E-state index is 12.4. The summed E-state index contributed by atoms with van der Waals surface area (Å²) in [5.74, 6) is 5.34. The second kappa shape index (κ2) is 5.75. The number of amides is 1. The molecular weight excluding hydrogens is 254 g/mol. The van der Waals surface area contributed by atoms with Crippen molar-refractivity contribution in [3.8, 4) is 0 Å². The summed E-state index contributed by atoms with van der Waals surface area (Å²) in [4.78, 5) is 14.1. The molecule has 1 heterocycles. The maximum Gasteiger partial charge on any atom is 0.254 e. The van der Waals surface area contributed by atoms with Crippen LogP contribution >= 0.6 is 0 Å². The lowest BCUT2D eigenvalue weighted by Crippen LogP contribution is -2.26. The van der Waals surface area contributed by atoms with Gasteiger partial charge in [-0.3, -0.25) is 15.3 Å². The molecule has 0 unspecified atom stereocenters. The Bertz CT molecular complexity index is 620. The van der Waals surface area contributed by atoms with Gasteiger partial charge in [-0.1, -0.05) is 0 Å². The van der Waals surface area contributed by atoms with E-state index in [0.29, 0.717) is 12.1 Å². The van der Waals surface area contributed by atoms with E-state index in [0.717, 1.165) is 16.8 Å². The lowest BCUT2D eigenvalue weighted by molar-refractivity contribution is 0.0784. The molecule has 0 atom stereocenters. The summed E-state index contributed by atoms with van der Waals surface area (Å²) in [6, 6.07) is 5.43. The predicted octanol–water partition coefficient (Wildman–Crippen LogP) is 1.29. The normalized spacial score (nSPS) is 10.4. The lowest BCUT2D eigenvalue weighted by atomic mass is 10.1. The zero-order valence-corrected chi connectivity index (χ0v) is 11.9. The fourth-order valence-corrected chi connectivity index (χ4v) is 2.10. The largest absolute Gasteiger partial charge is 0.337 e. The number of carbonyl (C=O) groups excluding carboxylic acids is 1. The van der Waals surface area contributed by atoms with Crippen LogP contribution in [0.1, 0.15) is 21.5 Å². The zero-order valence-electron chi connectivity index (χ0n) is 11.9. The third-order valence-corrected chi connectivity index (χ3v) is 3.15. The number of anilines is 1. The van der Waals surface area contributed by atoms with Crippen molar-refractivity contribution in [2.75, 3.05) is 12.5 Å². The van der Waals surface area contributed by atoms with Crippen molar-refractivity contribution in [1.29, 1.82) is 0 Å². The summed E-state index contributed by atoms with van der Waals surface area (Å²) in [6.45, 7) is 2.43.